The zero-order valence-electron chi connectivity index (χ0n) is 8.11. The Balaban J connectivity index is 2.35. The molecule has 2 rings (SSSR count). The minimum Gasteiger partial charge on any atom is -0.313 e. The second kappa shape index (κ2) is 3.85. The number of hydrogen-bond acceptors (Lipinski definition) is 5. The fourth-order valence-electron chi connectivity index (χ4n) is 1.25. The van der Waals surface area contributed by atoms with Crippen LogP contribution in [0.1, 0.15) is 0 Å². The smallest absolute Gasteiger partial charge is 0.313 e. The number of hydrogen-bond donors (Lipinski definition) is 4. The van der Waals surface area contributed by atoms with Gasteiger partial charge in [-0.15, -0.1) is 0 Å². The standard InChI is InChI=1S/C7H10N4O4S/c12-6-5(3-9-7(13)10-6)16(14,15)11-4-1-8-2-4/h3-4,8,11H,1-2H2,(H2,9,10,12,13). The van der Waals surface area contributed by atoms with Crippen LogP contribution in [0, 0.1) is 0 Å². The van der Waals surface area contributed by atoms with E-state index in [-0.39, 0.29) is 6.04 Å². The van der Waals surface area contributed by atoms with Crippen molar-refractivity contribution in [2.45, 2.75) is 10.9 Å². The lowest BCUT2D eigenvalue weighted by Crippen LogP contribution is -2.57. The van der Waals surface area contributed by atoms with E-state index in [1.807, 2.05) is 4.98 Å². The van der Waals surface area contributed by atoms with Crippen molar-refractivity contribution < 1.29 is 8.42 Å². The first-order valence-corrected chi connectivity index (χ1v) is 6.02. The van der Waals surface area contributed by atoms with E-state index >= 15 is 0 Å². The maximum atomic E-state index is 11.7. The molecule has 1 aromatic heterocycles. The quantitative estimate of drug-likeness (QED) is 0.462. The Labute approximate surface area is 90.1 Å². The molecule has 0 aliphatic carbocycles. The summed E-state index contributed by atoms with van der Waals surface area (Å²) in [6, 6.07) is -0.212. The molecular formula is C7H10N4O4S. The molecule has 9 heteroatoms. The van der Waals surface area contributed by atoms with Gasteiger partial charge in [-0.3, -0.25) is 9.78 Å². The average molecular weight is 246 g/mol. The monoisotopic (exact) mass is 246 g/mol. The van der Waals surface area contributed by atoms with Gasteiger partial charge in [-0.25, -0.2) is 17.9 Å². The summed E-state index contributed by atoms with van der Waals surface area (Å²) in [4.78, 5) is 25.5. The van der Waals surface area contributed by atoms with Crippen LogP contribution in [-0.4, -0.2) is 37.5 Å². The summed E-state index contributed by atoms with van der Waals surface area (Å²) in [6.07, 6.45) is 0.885. The molecule has 1 fully saturated rings. The summed E-state index contributed by atoms with van der Waals surface area (Å²) in [5, 5.41) is 2.89. The lowest BCUT2D eigenvalue weighted by molar-refractivity contribution is 0.410. The number of aromatic amines is 2. The Kier molecular flexibility index (Phi) is 2.66. The molecule has 16 heavy (non-hydrogen) atoms. The molecule has 1 aliphatic rings. The Bertz CT molecular complexity index is 597. The number of aromatic nitrogens is 2. The molecule has 1 aromatic rings. The lowest BCUT2D eigenvalue weighted by atomic mass is 10.2. The molecule has 0 amide bonds. The van der Waals surface area contributed by atoms with Crippen LogP contribution in [0.25, 0.3) is 0 Å². The van der Waals surface area contributed by atoms with E-state index in [0.717, 1.165) is 6.20 Å². The van der Waals surface area contributed by atoms with Gasteiger partial charge in [0, 0.05) is 25.3 Å². The minimum absolute atomic E-state index is 0.212. The van der Waals surface area contributed by atoms with Gasteiger partial charge in [0.2, 0.25) is 10.0 Å². The van der Waals surface area contributed by atoms with Gasteiger partial charge in [0.05, 0.1) is 0 Å². The summed E-state index contributed by atoms with van der Waals surface area (Å²) in [7, 11) is -3.87. The van der Waals surface area contributed by atoms with Gasteiger partial charge in [-0.1, -0.05) is 0 Å². The van der Waals surface area contributed by atoms with Crippen LogP contribution in [-0.2, 0) is 10.0 Å². The van der Waals surface area contributed by atoms with Crippen LogP contribution in [0.5, 0.6) is 0 Å². The van der Waals surface area contributed by atoms with Gasteiger partial charge in [-0.2, -0.15) is 0 Å². The summed E-state index contributed by atoms with van der Waals surface area (Å²) >= 11 is 0. The first-order chi connectivity index (χ1) is 7.49. The Morgan fingerprint density at radius 3 is 2.50 bits per heavy atom. The third kappa shape index (κ3) is 2.05. The largest absolute Gasteiger partial charge is 0.325 e. The maximum absolute atomic E-state index is 11.7. The molecule has 88 valence electrons. The maximum Gasteiger partial charge on any atom is 0.325 e. The van der Waals surface area contributed by atoms with E-state index < -0.39 is 26.2 Å². The third-order valence-electron chi connectivity index (χ3n) is 2.18. The van der Waals surface area contributed by atoms with Crippen molar-refractivity contribution in [1.29, 1.82) is 0 Å². The van der Waals surface area contributed by atoms with Crippen molar-refractivity contribution in [2.75, 3.05) is 13.1 Å². The van der Waals surface area contributed by atoms with Gasteiger partial charge < -0.3 is 10.3 Å². The first kappa shape index (κ1) is 11.0. The minimum atomic E-state index is -3.87. The normalized spacial score (nSPS) is 17.0. The van der Waals surface area contributed by atoms with E-state index in [9.17, 15) is 18.0 Å². The van der Waals surface area contributed by atoms with E-state index in [4.69, 9.17) is 0 Å². The highest BCUT2D eigenvalue weighted by molar-refractivity contribution is 7.89. The number of H-pyrrole nitrogens is 2. The van der Waals surface area contributed by atoms with E-state index in [0.29, 0.717) is 13.1 Å². The van der Waals surface area contributed by atoms with Crippen LogP contribution in [0.15, 0.2) is 20.7 Å². The van der Waals surface area contributed by atoms with Gasteiger partial charge in [0.15, 0.2) is 4.90 Å². The molecule has 0 radical (unpaired) electrons. The topological polar surface area (TPSA) is 124 Å². The predicted octanol–water partition coefficient (Wildman–Crippen LogP) is -2.69. The zero-order chi connectivity index (χ0) is 11.8. The highest BCUT2D eigenvalue weighted by atomic mass is 32.2. The van der Waals surface area contributed by atoms with Crippen molar-refractivity contribution in [3.05, 3.63) is 27.0 Å². The Hall–Kier alpha value is -1.45. The molecule has 1 aliphatic heterocycles. The molecule has 0 spiro atoms. The molecule has 0 bridgehead atoms. The van der Waals surface area contributed by atoms with Crippen LogP contribution in [0.2, 0.25) is 0 Å². The second-order valence-electron chi connectivity index (χ2n) is 3.41. The molecular weight excluding hydrogens is 236 g/mol. The zero-order valence-corrected chi connectivity index (χ0v) is 8.93. The van der Waals surface area contributed by atoms with Crippen molar-refractivity contribution in [3.8, 4) is 0 Å². The number of sulfonamides is 1. The third-order valence-corrected chi connectivity index (χ3v) is 3.70. The number of nitrogens with one attached hydrogen (secondary N) is 4. The molecule has 4 N–H and O–H groups in total. The summed E-state index contributed by atoms with van der Waals surface area (Å²) in [5.74, 6) is 0. The summed E-state index contributed by atoms with van der Waals surface area (Å²) in [6.45, 7) is 1.06. The van der Waals surface area contributed by atoms with Crippen molar-refractivity contribution in [3.63, 3.8) is 0 Å². The fourth-order valence-corrected chi connectivity index (χ4v) is 2.49. The van der Waals surface area contributed by atoms with E-state index in [1.165, 1.54) is 0 Å². The highest BCUT2D eigenvalue weighted by Crippen LogP contribution is 2.02. The molecule has 1 saturated heterocycles. The van der Waals surface area contributed by atoms with Crippen molar-refractivity contribution in [1.82, 2.24) is 20.0 Å². The fraction of sp³-hybridized carbons (Fsp3) is 0.429. The Morgan fingerprint density at radius 2 is 2.00 bits per heavy atom. The van der Waals surface area contributed by atoms with Crippen LogP contribution in [0.4, 0.5) is 0 Å². The van der Waals surface area contributed by atoms with Crippen LogP contribution in [0.3, 0.4) is 0 Å². The van der Waals surface area contributed by atoms with Gasteiger partial charge >= 0.3 is 5.69 Å². The Morgan fingerprint density at radius 1 is 1.31 bits per heavy atom. The average Bonchev–Trinajstić information content (AvgIpc) is 2.11. The predicted molar refractivity (Wildman–Crippen MR) is 54.7 cm³/mol. The second-order valence-corrected chi connectivity index (χ2v) is 5.10. The summed E-state index contributed by atoms with van der Waals surface area (Å²) < 4.78 is 25.7. The van der Waals surface area contributed by atoms with E-state index in [2.05, 4.69) is 15.0 Å². The molecule has 2 heterocycles. The van der Waals surface area contributed by atoms with Crippen LogP contribution < -0.4 is 21.3 Å². The molecule has 0 saturated carbocycles. The van der Waals surface area contributed by atoms with Crippen LogP contribution >= 0.6 is 0 Å². The van der Waals surface area contributed by atoms with E-state index in [1.54, 1.807) is 0 Å². The SMILES string of the molecule is O=c1[nH]cc(S(=O)(=O)NC2CNC2)c(=O)[nH]1. The summed E-state index contributed by atoms with van der Waals surface area (Å²) in [5.41, 5.74) is -1.67. The van der Waals surface area contributed by atoms with Gasteiger partial charge in [0.1, 0.15) is 0 Å². The molecule has 0 atom stereocenters. The molecule has 0 unspecified atom stereocenters. The molecule has 0 aromatic carbocycles. The molecule has 8 nitrogen and oxygen atoms in total. The van der Waals surface area contributed by atoms with Crippen molar-refractivity contribution in [2.24, 2.45) is 0 Å². The first-order valence-electron chi connectivity index (χ1n) is 4.54. The van der Waals surface area contributed by atoms with Gasteiger partial charge in [0.25, 0.3) is 5.56 Å². The van der Waals surface area contributed by atoms with Gasteiger partial charge in [-0.05, 0) is 0 Å². The highest BCUT2D eigenvalue weighted by Gasteiger charge is 2.26. The van der Waals surface area contributed by atoms with Crippen molar-refractivity contribution >= 4 is 10.0 Å². The lowest BCUT2D eigenvalue weighted by Gasteiger charge is -2.27. The number of rotatable bonds is 3.